The topological polar surface area (TPSA) is 42.3 Å². The molecule has 160 valence electrons. The van der Waals surface area contributed by atoms with Crippen molar-refractivity contribution in [2.24, 2.45) is 0 Å². The fraction of sp³-hybridized carbons (Fsp3) is 0.250. The van der Waals surface area contributed by atoms with E-state index in [0.717, 1.165) is 46.6 Å². The van der Waals surface area contributed by atoms with Gasteiger partial charge in [0.2, 0.25) is 0 Å². The fourth-order valence-electron chi connectivity index (χ4n) is 3.88. The predicted octanol–water partition coefficient (Wildman–Crippen LogP) is 7.01. The summed E-state index contributed by atoms with van der Waals surface area (Å²) in [4.78, 5) is 26.8. The van der Waals surface area contributed by atoms with Crippen molar-refractivity contribution >= 4 is 63.1 Å². The predicted molar refractivity (Wildman–Crippen MR) is 130 cm³/mol. The Kier molecular flexibility index (Phi) is 6.47. The average Bonchev–Trinajstić information content (AvgIpc) is 3.23. The maximum Gasteiger partial charge on any atom is 0.293 e. The standard InChI is InChI=1S/C24H22Cl2N2O2S/c1-3-10-28-23(29)21(31-24(28)30)12-17-14-27(13-15-8-9-19(25)20(26)11-15)22-16(4-2)6-5-7-18(17)22/h5-9,11-12,14H,3-4,10,13H2,1-2H3/b21-12-. The van der Waals surface area contributed by atoms with Gasteiger partial charge in [0.25, 0.3) is 11.1 Å². The van der Waals surface area contributed by atoms with Gasteiger partial charge in [0, 0.05) is 30.2 Å². The molecule has 4 nitrogen and oxygen atoms in total. The Labute approximate surface area is 195 Å². The highest BCUT2D eigenvalue weighted by atomic mass is 35.5. The van der Waals surface area contributed by atoms with Crippen molar-refractivity contribution in [2.75, 3.05) is 6.54 Å². The molecule has 4 rings (SSSR count). The van der Waals surface area contributed by atoms with Crippen LogP contribution in [0.15, 0.2) is 47.5 Å². The molecule has 2 aromatic carbocycles. The minimum Gasteiger partial charge on any atom is -0.342 e. The van der Waals surface area contributed by atoms with E-state index in [1.165, 1.54) is 10.5 Å². The minimum atomic E-state index is -0.214. The Hall–Kier alpha value is -2.21. The number of carbonyl (C=O) groups excluding carboxylic acids is 2. The number of benzene rings is 2. The molecular weight excluding hydrogens is 451 g/mol. The number of para-hydroxylation sites is 1. The van der Waals surface area contributed by atoms with Crippen LogP contribution in [0.2, 0.25) is 10.0 Å². The van der Waals surface area contributed by atoms with Gasteiger partial charge >= 0.3 is 0 Å². The summed E-state index contributed by atoms with van der Waals surface area (Å²) in [6.45, 7) is 5.15. The van der Waals surface area contributed by atoms with Crippen LogP contribution in [-0.2, 0) is 17.8 Å². The quantitative estimate of drug-likeness (QED) is 0.362. The van der Waals surface area contributed by atoms with Crippen LogP contribution >= 0.6 is 35.0 Å². The molecule has 0 unspecified atom stereocenters. The molecule has 0 N–H and O–H groups in total. The molecular formula is C24H22Cl2N2O2S. The van der Waals surface area contributed by atoms with Gasteiger partial charge in [-0.1, -0.05) is 61.3 Å². The zero-order valence-corrected chi connectivity index (χ0v) is 19.7. The molecule has 0 atom stereocenters. The van der Waals surface area contributed by atoms with E-state index in [9.17, 15) is 9.59 Å². The van der Waals surface area contributed by atoms with Gasteiger partial charge in [-0.25, -0.2) is 0 Å². The van der Waals surface area contributed by atoms with Crippen molar-refractivity contribution in [2.45, 2.75) is 33.2 Å². The normalized spacial score (nSPS) is 15.6. The Morgan fingerprint density at radius 1 is 1.06 bits per heavy atom. The average molecular weight is 473 g/mol. The van der Waals surface area contributed by atoms with Crippen molar-refractivity contribution in [3.8, 4) is 0 Å². The molecule has 0 saturated carbocycles. The lowest BCUT2D eigenvalue weighted by molar-refractivity contribution is -0.122. The summed E-state index contributed by atoms with van der Waals surface area (Å²) in [6, 6.07) is 11.8. The third-order valence-electron chi connectivity index (χ3n) is 5.34. The molecule has 1 fully saturated rings. The van der Waals surface area contributed by atoms with Crippen LogP contribution in [0.4, 0.5) is 4.79 Å². The Morgan fingerprint density at radius 3 is 2.58 bits per heavy atom. The molecule has 0 radical (unpaired) electrons. The van der Waals surface area contributed by atoms with Gasteiger partial charge in [0.15, 0.2) is 0 Å². The van der Waals surface area contributed by atoms with Gasteiger partial charge in [-0.3, -0.25) is 14.5 Å². The van der Waals surface area contributed by atoms with Crippen LogP contribution < -0.4 is 0 Å². The number of aromatic nitrogens is 1. The second kappa shape index (κ2) is 9.11. The van der Waals surface area contributed by atoms with Crippen LogP contribution in [0.1, 0.15) is 37.0 Å². The molecule has 0 aliphatic carbocycles. The third kappa shape index (κ3) is 4.27. The van der Waals surface area contributed by atoms with Gasteiger partial charge in [-0.15, -0.1) is 0 Å². The van der Waals surface area contributed by atoms with E-state index in [4.69, 9.17) is 23.2 Å². The first-order valence-corrected chi connectivity index (χ1v) is 11.8. The highest BCUT2D eigenvalue weighted by Gasteiger charge is 2.34. The lowest BCUT2D eigenvalue weighted by Crippen LogP contribution is -2.28. The molecule has 3 aromatic rings. The number of aryl methyl sites for hydroxylation is 1. The summed E-state index contributed by atoms with van der Waals surface area (Å²) in [7, 11) is 0. The first kappa shape index (κ1) is 22.0. The number of hydrogen-bond donors (Lipinski definition) is 0. The van der Waals surface area contributed by atoms with Crippen molar-refractivity contribution in [3.63, 3.8) is 0 Å². The number of thioether (sulfide) groups is 1. The number of fused-ring (bicyclic) bond motifs is 1. The van der Waals surface area contributed by atoms with Gasteiger partial charge in [-0.05, 0) is 53.9 Å². The summed E-state index contributed by atoms with van der Waals surface area (Å²) in [5.41, 5.74) is 4.30. The van der Waals surface area contributed by atoms with Crippen molar-refractivity contribution in [3.05, 3.63) is 74.2 Å². The second-order valence-corrected chi connectivity index (χ2v) is 9.27. The fourth-order valence-corrected chi connectivity index (χ4v) is 5.06. The summed E-state index contributed by atoms with van der Waals surface area (Å²) in [5.74, 6) is -0.214. The zero-order chi connectivity index (χ0) is 22.1. The van der Waals surface area contributed by atoms with E-state index >= 15 is 0 Å². The monoisotopic (exact) mass is 472 g/mol. The van der Waals surface area contributed by atoms with Crippen molar-refractivity contribution in [1.29, 1.82) is 0 Å². The second-order valence-electron chi connectivity index (χ2n) is 7.46. The van der Waals surface area contributed by atoms with E-state index in [0.29, 0.717) is 28.0 Å². The van der Waals surface area contributed by atoms with Crippen LogP contribution in [-0.4, -0.2) is 27.2 Å². The lowest BCUT2D eigenvalue weighted by atomic mass is 10.1. The maximum absolute atomic E-state index is 12.7. The van der Waals surface area contributed by atoms with E-state index in [1.54, 1.807) is 6.07 Å². The summed E-state index contributed by atoms with van der Waals surface area (Å²) >= 11 is 13.3. The molecule has 7 heteroatoms. The number of rotatable bonds is 6. The van der Waals surface area contributed by atoms with Crippen molar-refractivity contribution < 1.29 is 9.59 Å². The zero-order valence-electron chi connectivity index (χ0n) is 17.3. The molecule has 2 amide bonds. The first-order valence-electron chi connectivity index (χ1n) is 10.2. The maximum atomic E-state index is 12.7. The SMILES string of the molecule is CCCN1C(=O)S/C(=C\c2cn(Cc3ccc(Cl)c(Cl)c3)c3c(CC)cccc23)C1=O. The highest BCUT2D eigenvalue weighted by molar-refractivity contribution is 8.18. The summed E-state index contributed by atoms with van der Waals surface area (Å²) < 4.78 is 2.18. The van der Waals surface area contributed by atoms with Crippen LogP contribution in [0.25, 0.3) is 17.0 Å². The molecule has 31 heavy (non-hydrogen) atoms. The largest absolute Gasteiger partial charge is 0.342 e. The van der Waals surface area contributed by atoms with E-state index in [2.05, 4.69) is 23.6 Å². The minimum absolute atomic E-state index is 0.202. The molecule has 1 aliphatic rings. The lowest BCUT2D eigenvalue weighted by Gasteiger charge is -2.09. The summed E-state index contributed by atoms with van der Waals surface area (Å²) in [5, 5.41) is 1.91. The smallest absolute Gasteiger partial charge is 0.293 e. The molecule has 2 heterocycles. The molecule has 1 aliphatic heterocycles. The number of nitrogens with zero attached hydrogens (tertiary/aromatic N) is 2. The van der Waals surface area contributed by atoms with E-state index in [1.807, 2.05) is 37.4 Å². The van der Waals surface area contributed by atoms with Crippen LogP contribution in [0, 0.1) is 0 Å². The molecule has 0 bridgehead atoms. The summed E-state index contributed by atoms with van der Waals surface area (Å²) in [6.07, 6.45) is 5.51. The molecule has 1 aromatic heterocycles. The first-order chi connectivity index (χ1) is 14.9. The van der Waals surface area contributed by atoms with E-state index < -0.39 is 0 Å². The Bertz CT molecular complexity index is 1220. The number of halogens is 2. The number of amides is 2. The van der Waals surface area contributed by atoms with E-state index in [-0.39, 0.29) is 11.1 Å². The van der Waals surface area contributed by atoms with Gasteiger partial charge in [0.1, 0.15) is 0 Å². The van der Waals surface area contributed by atoms with Gasteiger partial charge in [-0.2, -0.15) is 0 Å². The Balaban J connectivity index is 1.79. The highest BCUT2D eigenvalue weighted by Crippen LogP contribution is 2.35. The third-order valence-corrected chi connectivity index (χ3v) is 6.98. The number of hydrogen-bond acceptors (Lipinski definition) is 3. The number of carbonyl (C=O) groups is 2. The number of imide groups is 1. The van der Waals surface area contributed by atoms with Crippen LogP contribution in [0.5, 0.6) is 0 Å². The Morgan fingerprint density at radius 2 is 1.87 bits per heavy atom. The molecule has 0 spiro atoms. The van der Waals surface area contributed by atoms with Crippen LogP contribution in [0.3, 0.4) is 0 Å². The van der Waals surface area contributed by atoms with Crippen molar-refractivity contribution in [1.82, 2.24) is 9.47 Å². The van der Waals surface area contributed by atoms with Gasteiger partial charge < -0.3 is 4.57 Å². The van der Waals surface area contributed by atoms with Gasteiger partial charge in [0.05, 0.1) is 20.5 Å². The molecule has 1 saturated heterocycles.